The predicted octanol–water partition coefficient (Wildman–Crippen LogP) is 0.674. The second-order valence-electron chi connectivity index (χ2n) is 6.84. The second kappa shape index (κ2) is 8.94. The highest BCUT2D eigenvalue weighted by Crippen LogP contribution is 2.16. The van der Waals surface area contributed by atoms with Crippen molar-refractivity contribution in [1.29, 1.82) is 0 Å². The molecule has 0 N–H and O–H groups in total. The van der Waals surface area contributed by atoms with Crippen molar-refractivity contribution in [3.05, 3.63) is 24.4 Å². The minimum Gasteiger partial charge on any atom is -0.459 e. The molecule has 27 heavy (non-hydrogen) atoms. The molecular weight excluding hydrogens is 348 g/mol. The van der Waals surface area contributed by atoms with E-state index in [9.17, 15) is 14.4 Å². The standard InChI is InChI=1S/C19H26N4O4/c1-2-19(26)27-15(14-23-17(24)6-7-18(23)25)13-21-9-11-22(12-10-21)16-5-3-4-8-20-16/h3-5,8,15H,2,6-7,9-14H2,1H3. The average molecular weight is 374 g/mol. The molecule has 1 aromatic heterocycles. The van der Waals surface area contributed by atoms with Crippen molar-refractivity contribution in [2.75, 3.05) is 44.2 Å². The summed E-state index contributed by atoms with van der Waals surface area (Å²) in [5, 5.41) is 0. The van der Waals surface area contributed by atoms with Crippen molar-refractivity contribution in [2.24, 2.45) is 0 Å². The Morgan fingerprint density at radius 1 is 1.11 bits per heavy atom. The summed E-state index contributed by atoms with van der Waals surface area (Å²) in [6.45, 7) is 5.65. The summed E-state index contributed by atoms with van der Waals surface area (Å²) in [7, 11) is 0. The van der Waals surface area contributed by atoms with Gasteiger partial charge in [-0.05, 0) is 12.1 Å². The van der Waals surface area contributed by atoms with Gasteiger partial charge in [-0.1, -0.05) is 13.0 Å². The van der Waals surface area contributed by atoms with E-state index in [1.165, 1.54) is 4.90 Å². The molecule has 1 aromatic rings. The minimum absolute atomic E-state index is 0.143. The summed E-state index contributed by atoms with van der Waals surface area (Å²) in [5.74, 6) is 0.278. The molecule has 0 bridgehead atoms. The lowest BCUT2D eigenvalue weighted by Gasteiger charge is -2.37. The molecule has 8 nitrogen and oxygen atoms in total. The normalized spacial score (nSPS) is 19.4. The SMILES string of the molecule is CCC(=O)OC(CN1CCN(c2ccccn2)CC1)CN1C(=O)CCC1=O. The van der Waals surface area contributed by atoms with Crippen LogP contribution in [-0.4, -0.2) is 77.9 Å². The molecular formula is C19H26N4O4. The zero-order valence-electron chi connectivity index (χ0n) is 15.7. The summed E-state index contributed by atoms with van der Waals surface area (Å²) in [6, 6.07) is 5.86. The Morgan fingerprint density at radius 2 is 1.81 bits per heavy atom. The fourth-order valence-corrected chi connectivity index (χ4v) is 3.42. The molecule has 146 valence electrons. The van der Waals surface area contributed by atoms with Gasteiger partial charge < -0.3 is 9.64 Å². The van der Waals surface area contributed by atoms with Crippen LogP contribution in [0.3, 0.4) is 0 Å². The third kappa shape index (κ3) is 5.03. The van der Waals surface area contributed by atoms with E-state index < -0.39 is 6.10 Å². The van der Waals surface area contributed by atoms with Crippen LogP contribution < -0.4 is 4.90 Å². The van der Waals surface area contributed by atoms with Gasteiger partial charge in [0.05, 0.1) is 6.54 Å². The number of imide groups is 1. The van der Waals surface area contributed by atoms with Crippen molar-refractivity contribution in [3.63, 3.8) is 0 Å². The first kappa shape index (κ1) is 19.3. The first-order chi connectivity index (χ1) is 13.1. The van der Waals surface area contributed by atoms with E-state index in [1.54, 1.807) is 13.1 Å². The first-order valence-corrected chi connectivity index (χ1v) is 9.48. The van der Waals surface area contributed by atoms with Gasteiger partial charge in [0.2, 0.25) is 11.8 Å². The highest BCUT2D eigenvalue weighted by Gasteiger charge is 2.33. The van der Waals surface area contributed by atoms with Crippen molar-refractivity contribution in [1.82, 2.24) is 14.8 Å². The number of nitrogens with zero attached hydrogens (tertiary/aromatic N) is 4. The van der Waals surface area contributed by atoms with E-state index in [-0.39, 0.29) is 43.6 Å². The number of rotatable bonds is 7. The molecule has 0 aromatic carbocycles. The minimum atomic E-state index is -0.496. The second-order valence-corrected chi connectivity index (χ2v) is 6.84. The van der Waals surface area contributed by atoms with Gasteiger partial charge in [0, 0.05) is 58.2 Å². The van der Waals surface area contributed by atoms with E-state index in [0.717, 1.165) is 32.0 Å². The molecule has 2 fully saturated rings. The van der Waals surface area contributed by atoms with E-state index in [0.29, 0.717) is 6.54 Å². The molecule has 2 aliphatic heterocycles. The van der Waals surface area contributed by atoms with Crippen LogP contribution in [0.25, 0.3) is 0 Å². The number of carbonyl (C=O) groups is 3. The maximum atomic E-state index is 11.9. The van der Waals surface area contributed by atoms with E-state index >= 15 is 0 Å². The molecule has 3 rings (SSSR count). The number of hydrogen-bond donors (Lipinski definition) is 0. The van der Waals surface area contributed by atoms with E-state index in [2.05, 4.69) is 14.8 Å². The van der Waals surface area contributed by atoms with Crippen molar-refractivity contribution in [3.8, 4) is 0 Å². The van der Waals surface area contributed by atoms with Crippen LogP contribution in [-0.2, 0) is 19.1 Å². The lowest BCUT2D eigenvalue weighted by atomic mass is 10.2. The highest BCUT2D eigenvalue weighted by atomic mass is 16.5. The van der Waals surface area contributed by atoms with Gasteiger partial charge in [0.15, 0.2) is 0 Å². The van der Waals surface area contributed by atoms with Crippen LogP contribution in [0, 0.1) is 0 Å². The van der Waals surface area contributed by atoms with Gasteiger partial charge in [0.25, 0.3) is 0 Å². The molecule has 2 saturated heterocycles. The number of anilines is 1. The monoisotopic (exact) mass is 374 g/mol. The quantitative estimate of drug-likeness (QED) is 0.512. The van der Waals surface area contributed by atoms with E-state index in [1.807, 2.05) is 18.2 Å². The Labute approximate surface area is 159 Å². The molecule has 0 radical (unpaired) electrons. The van der Waals surface area contributed by atoms with Crippen molar-refractivity contribution in [2.45, 2.75) is 32.3 Å². The molecule has 8 heteroatoms. The molecule has 1 atom stereocenters. The maximum absolute atomic E-state index is 11.9. The smallest absolute Gasteiger partial charge is 0.305 e. The van der Waals surface area contributed by atoms with Gasteiger partial charge in [0.1, 0.15) is 11.9 Å². The van der Waals surface area contributed by atoms with Crippen LogP contribution in [0.4, 0.5) is 5.82 Å². The number of hydrogen-bond acceptors (Lipinski definition) is 7. The number of amides is 2. The van der Waals surface area contributed by atoms with Gasteiger partial charge in [-0.3, -0.25) is 24.2 Å². The summed E-state index contributed by atoms with van der Waals surface area (Å²) in [6.07, 6.45) is 2.05. The maximum Gasteiger partial charge on any atom is 0.305 e. The molecule has 3 heterocycles. The molecule has 0 aliphatic carbocycles. The Bertz CT molecular complexity index is 658. The molecule has 1 unspecified atom stereocenters. The van der Waals surface area contributed by atoms with Crippen LogP contribution in [0.5, 0.6) is 0 Å². The van der Waals surface area contributed by atoms with Gasteiger partial charge in [-0.25, -0.2) is 4.98 Å². The third-order valence-electron chi connectivity index (χ3n) is 4.94. The van der Waals surface area contributed by atoms with Crippen LogP contribution in [0.1, 0.15) is 26.2 Å². The molecule has 2 aliphatic rings. The van der Waals surface area contributed by atoms with Gasteiger partial charge in [-0.2, -0.15) is 0 Å². The topological polar surface area (TPSA) is 83.1 Å². The average Bonchev–Trinajstić information content (AvgIpc) is 3.01. The number of aromatic nitrogens is 1. The summed E-state index contributed by atoms with van der Waals surface area (Å²) < 4.78 is 5.52. The molecule has 0 spiro atoms. The lowest BCUT2D eigenvalue weighted by Crippen LogP contribution is -2.51. The number of ether oxygens (including phenoxy) is 1. The van der Waals surface area contributed by atoms with Crippen LogP contribution in [0.15, 0.2) is 24.4 Å². The van der Waals surface area contributed by atoms with Gasteiger partial charge in [-0.15, -0.1) is 0 Å². The predicted molar refractivity (Wildman–Crippen MR) is 99.0 cm³/mol. The zero-order valence-corrected chi connectivity index (χ0v) is 15.7. The first-order valence-electron chi connectivity index (χ1n) is 9.48. The Balaban J connectivity index is 1.56. The summed E-state index contributed by atoms with van der Waals surface area (Å²) >= 11 is 0. The Hall–Kier alpha value is -2.48. The Kier molecular flexibility index (Phi) is 6.39. The van der Waals surface area contributed by atoms with Crippen LogP contribution >= 0.6 is 0 Å². The van der Waals surface area contributed by atoms with Crippen LogP contribution in [0.2, 0.25) is 0 Å². The highest BCUT2D eigenvalue weighted by molar-refractivity contribution is 6.01. The number of esters is 1. The fraction of sp³-hybridized carbons (Fsp3) is 0.579. The fourth-order valence-electron chi connectivity index (χ4n) is 3.42. The zero-order chi connectivity index (χ0) is 19.2. The number of piperazine rings is 1. The largest absolute Gasteiger partial charge is 0.459 e. The molecule has 2 amide bonds. The lowest BCUT2D eigenvalue weighted by molar-refractivity contribution is -0.154. The van der Waals surface area contributed by atoms with E-state index in [4.69, 9.17) is 4.74 Å². The van der Waals surface area contributed by atoms with Crippen molar-refractivity contribution < 1.29 is 19.1 Å². The number of pyridine rings is 1. The van der Waals surface area contributed by atoms with Crippen molar-refractivity contribution >= 4 is 23.6 Å². The summed E-state index contributed by atoms with van der Waals surface area (Å²) in [4.78, 5) is 45.6. The Morgan fingerprint density at radius 3 is 2.41 bits per heavy atom. The third-order valence-corrected chi connectivity index (χ3v) is 4.94. The van der Waals surface area contributed by atoms with Gasteiger partial charge >= 0.3 is 5.97 Å². The summed E-state index contributed by atoms with van der Waals surface area (Å²) in [5.41, 5.74) is 0. The molecule has 0 saturated carbocycles. The number of carbonyl (C=O) groups excluding carboxylic acids is 3. The number of likely N-dealkylation sites (tertiary alicyclic amines) is 1.